The summed E-state index contributed by atoms with van der Waals surface area (Å²) in [6, 6.07) is 5.86. The lowest BCUT2D eigenvalue weighted by atomic mass is 10.0. The fraction of sp³-hybridized carbons (Fsp3) is 0.481. The van der Waals surface area contributed by atoms with Crippen molar-refractivity contribution in [2.45, 2.75) is 65.7 Å². The van der Waals surface area contributed by atoms with Crippen LogP contribution in [0.3, 0.4) is 0 Å². The van der Waals surface area contributed by atoms with Crippen LogP contribution in [0.5, 0.6) is 0 Å². The number of thiazole rings is 1. The molecule has 1 aliphatic rings. The number of anilines is 1. The Balaban J connectivity index is 1.85. The predicted molar refractivity (Wildman–Crippen MR) is 157 cm³/mol. The number of hydrogen-bond acceptors (Lipinski definition) is 9. The van der Waals surface area contributed by atoms with Crippen LogP contribution in [0.2, 0.25) is 0 Å². The molecule has 0 saturated heterocycles. The summed E-state index contributed by atoms with van der Waals surface area (Å²) < 4.78 is 18.1. The van der Waals surface area contributed by atoms with Crippen molar-refractivity contribution in [2.75, 3.05) is 25.1 Å². The number of nitrogens with zero attached hydrogens (tertiary/aromatic N) is 3. The van der Waals surface area contributed by atoms with E-state index in [1.54, 1.807) is 25.7 Å². The minimum Gasteiger partial charge on any atom is -0.468 e. The van der Waals surface area contributed by atoms with Crippen molar-refractivity contribution in [3.8, 4) is 10.6 Å². The molecule has 0 atom stereocenters. The number of carbonyl (C=O) groups excluding carboxylic acids is 3. The average Bonchev–Trinajstić information content (AvgIpc) is 3.39. The maximum atomic E-state index is 13.4. The third-order valence-electron chi connectivity index (χ3n) is 5.63. The lowest BCUT2D eigenvalue weighted by molar-refractivity contribution is -0.139. The van der Waals surface area contributed by atoms with E-state index in [9.17, 15) is 14.4 Å². The summed E-state index contributed by atoms with van der Waals surface area (Å²) in [7, 11) is 1.28. The maximum absolute atomic E-state index is 13.4. The minimum atomic E-state index is -0.780. The summed E-state index contributed by atoms with van der Waals surface area (Å²) in [4.78, 5) is 47.5. The predicted octanol–water partition coefficient (Wildman–Crippen LogP) is 7.00. The number of thiophene rings is 1. The summed E-state index contributed by atoms with van der Waals surface area (Å²) in [6.45, 7) is 11.2. The number of carbonyl (C=O) groups is 3. The first-order chi connectivity index (χ1) is 18.1. The van der Waals surface area contributed by atoms with Gasteiger partial charge in [0.25, 0.3) is 0 Å². The Bertz CT molecular complexity index is 1420. The number of benzene rings is 1. The molecule has 0 bridgehead atoms. The van der Waals surface area contributed by atoms with E-state index in [-0.39, 0.29) is 6.54 Å². The number of rotatable bonds is 4. The quantitative estimate of drug-likeness (QED) is 0.224. The van der Waals surface area contributed by atoms with E-state index in [0.29, 0.717) is 24.5 Å². The van der Waals surface area contributed by atoms with Crippen LogP contribution in [0.15, 0.2) is 22.7 Å². The fourth-order valence-electron chi connectivity index (χ4n) is 4.02. The highest BCUT2D eigenvalue weighted by Gasteiger charge is 2.36. The first-order valence-corrected chi connectivity index (χ1v) is 14.8. The molecule has 0 unspecified atom stereocenters. The molecule has 210 valence electrons. The van der Waals surface area contributed by atoms with Crippen LogP contribution in [0.4, 0.5) is 14.6 Å². The molecule has 0 spiro atoms. The SMILES string of the molecule is COC(=O)CN(C(=O)OC(C)(C)C)c1sc2c(c1-c1nc3ccc(Br)cc3s1)CCN(C(=O)OC(C)(C)C)C2. The van der Waals surface area contributed by atoms with Crippen LogP contribution < -0.4 is 4.90 Å². The molecule has 3 aromatic rings. The molecule has 0 aliphatic carbocycles. The van der Waals surface area contributed by atoms with Crippen molar-refractivity contribution >= 4 is 72.0 Å². The highest BCUT2D eigenvalue weighted by Crippen LogP contribution is 2.48. The number of ether oxygens (including phenoxy) is 3. The van der Waals surface area contributed by atoms with Gasteiger partial charge in [-0.1, -0.05) is 15.9 Å². The zero-order chi connectivity index (χ0) is 28.7. The molecule has 0 N–H and O–H groups in total. The number of methoxy groups -OCH3 is 1. The normalized spacial score (nSPS) is 13.7. The molecule has 39 heavy (non-hydrogen) atoms. The second-order valence-electron chi connectivity index (χ2n) is 11.1. The van der Waals surface area contributed by atoms with E-state index in [2.05, 4.69) is 15.9 Å². The molecule has 1 aliphatic heterocycles. The smallest absolute Gasteiger partial charge is 0.416 e. The summed E-state index contributed by atoms with van der Waals surface area (Å²) in [5, 5.41) is 1.25. The number of amides is 2. The van der Waals surface area contributed by atoms with Crippen LogP contribution in [0.1, 0.15) is 52.0 Å². The third-order valence-corrected chi connectivity index (χ3v) is 8.40. The monoisotopic (exact) mass is 637 g/mol. The average molecular weight is 639 g/mol. The van der Waals surface area contributed by atoms with Gasteiger partial charge in [-0.3, -0.25) is 9.69 Å². The Labute approximate surface area is 244 Å². The van der Waals surface area contributed by atoms with Gasteiger partial charge in [0.2, 0.25) is 0 Å². The fourth-order valence-corrected chi connectivity index (χ4v) is 7.03. The van der Waals surface area contributed by atoms with Gasteiger partial charge in [0.1, 0.15) is 27.8 Å². The number of esters is 1. The maximum Gasteiger partial charge on any atom is 0.416 e. The Morgan fingerprint density at radius 3 is 2.41 bits per heavy atom. The first kappa shape index (κ1) is 29.3. The van der Waals surface area contributed by atoms with Crippen LogP contribution in [-0.2, 0) is 32.0 Å². The van der Waals surface area contributed by atoms with Gasteiger partial charge in [-0.05, 0) is 71.7 Å². The van der Waals surface area contributed by atoms with E-state index >= 15 is 0 Å². The standard InChI is InChI=1S/C27H32BrN3O6S2/c1-26(2,3)36-24(33)30-11-10-16-19(13-30)39-23(31(14-20(32)35-7)25(34)37-27(4,5)6)21(16)22-29-17-9-8-15(28)12-18(17)38-22/h8-9,12H,10-11,13-14H2,1-7H3. The van der Waals surface area contributed by atoms with Crippen molar-refractivity contribution in [3.63, 3.8) is 0 Å². The minimum absolute atomic E-state index is 0.318. The van der Waals surface area contributed by atoms with Gasteiger partial charge < -0.3 is 19.1 Å². The summed E-state index contributed by atoms with van der Waals surface area (Å²) in [5.41, 5.74) is 1.19. The van der Waals surface area contributed by atoms with Crippen molar-refractivity contribution in [2.24, 2.45) is 0 Å². The molecule has 0 radical (unpaired) electrons. The lowest BCUT2D eigenvalue weighted by Crippen LogP contribution is -2.40. The number of hydrogen-bond donors (Lipinski definition) is 0. The summed E-state index contributed by atoms with van der Waals surface area (Å²) in [5.74, 6) is -0.582. The highest BCUT2D eigenvalue weighted by molar-refractivity contribution is 9.10. The van der Waals surface area contributed by atoms with Gasteiger partial charge in [0, 0.05) is 21.5 Å². The summed E-state index contributed by atoms with van der Waals surface area (Å²) >= 11 is 6.37. The van der Waals surface area contributed by atoms with Crippen LogP contribution in [0, 0.1) is 0 Å². The molecule has 4 rings (SSSR count). The van der Waals surface area contributed by atoms with Gasteiger partial charge in [-0.25, -0.2) is 14.6 Å². The lowest BCUT2D eigenvalue weighted by Gasteiger charge is -2.30. The van der Waals surface area contributed by atoms with Gasteiger partial charge in [0.05, 0.1) is 23.9 Å². The third kappa shape index (κ3) is 6.90. The number of fused-ring (bicyclic) bond motifs is 2. The van der Waals surface area contributed by atoms with Gasteiger partial charge in [-0.15, -0.1) is 22.7 Å². The molecular formula is C27H32BrN3O6S2. The van der Waals surface area contributed by atoms with E-state index in [1.165, 1.54) is 34.7 Å². The molecule has 0 fully saturated rings. The second-order valence-corrected chi connectivity index (χ2v) is 14.1. The van der Waals surface area contributed by atoms with Gasteiger partial charge in [0.15, 0.2) is 0 Å². The van der Waals surface area contributed by atoms with Gasteiger partial charge >= 0.3 is 18.2 Å². The Kier molecular flexibility index (Phi) is 8.30. The van der Waals surface area contributed by atoms with Crippen molar-refractivity contribution < 1.29 is 28.6 Å². The topological polar surface area (TPSA) is 98.3 Å². The number of aromatic nitrogens is 1. The largest absolute Gasteiger partial charge is 0.468 e. The Hall–Kier alpha value is -2.70. The van der Waals surface area contributed by atoms with Gasteiger partial charge in [-0.2, -0.15) is 0 Å². The zero-order valence-electron chi connectivity index (χ0n) is 23.0. The molecule has 2 aromatic heterocycles. The second kappa shape index (κ2) is 11.1. The highest BCUT2D eigenvalue weighted by atomic mass is 79.9. The molecule has 2 amide bonds. The Morgan fingerprint density at radius 1 is 1.08 bits per heavy atom. The first-order valence-electron chi connectivity index (χ1n) is 12.4. The molecule has 12 heteroatoms. The van der Waals surface area contributed by atoms with E-state index < -0.39 is 29.4 Å². The van der Waals surface area contributed by atoms with Crippen molar-refractivity contribution in [3.05, 3.63) is 33.1 Å². The Morgan fingerprint density at radius 2 is 1.77 bits per heavy atom. The van der Waals surface area contributed by atoms with Crippen molar-refractivity contribution in [1.82, 2.24) is 9.88 Å². The van der Waals surface area contributed by atoms with E-state index in [1.807, 2.05) is 39.0 Å². The van der Waals surface area contributed by atoms with Crippen LogP contribution in [-0.4, -0.2) is 59.4 Å². The van der Waals surface area contributed by atoms with E-state index in [0.717, 1.165) is 35.7 Å². The molecule has 9 nitrogen and oxygen atoms in total. The molecular weight excluding hydrogens is 606 g/mol. The molecule has 3 heterocycles. The molecule has 0 saturated carbocycles. The van der Waals surface area contributed by atoms with Crippen LogP contribution >= 0.6 is 38.6 Å². The van der Waals surface area contributed by atoms with Crippen molar-refractivity contribution in [1.29, 1.82) is 0 Å². The molecule has 1 aromatic carbocycles. The summed E-state index contributed by atoms with van der Waals surface area (Å²) in [6.07, 6.45) is -0.519. The number of halogens is 1. The zero-order valence-corrected chi connectivity index (χ0v) is 26.3. The van der Waals surface area contributed by atoms with E-state index in [4.69, 9.17) is 19.2 Å². The van der Waals surface area contributed by atoms with Crippen LogP contribution in [0.25, 0.3) is 20.8 Å².